The van der Waals surface area contributed by atoms with Crippen LogP contribution in [-0.2, 0) is 19.7 Å². The summed E-state index contributed by atoms with van der Waals surface area (Å²) in [5, 5.41) is 7.76. The summed E-state index contributed by atoms with van der Waals surface area (Å²) in [4.78, 5) is 0. The van der Waals surface area contributed by atoms with Crippen molar-refractivity contribution in [3.05, 3.63) is 47.7 Å². The van der Waals surface area contributed by atoms with E-state index >= 15 is 0 Å². The maximum absolute atomic E-state index is 5.97. The molecular weight excluding hydrogens is 298 g/mol. The van der Waals surface area contributed by atoms with E-state index in [0.717, 1.165) is 30.2 Å². The van der Waals surface area contributed by atoms with E-state index in [2.05, 4.69) is 43.3 Å². The van der Waals surface area contributed by atoms with Crippen molar-refractivity contribution in [1.29, 1.82) is 0 Å². The molecular formula is C17H26ClN3O. The first-order chi connectivity index (χ1) is 9.98. The second-order valence-corrected chi connectivity index (χ2v) is 6.50. The second kappa shape index (κ2) is 8.20. The van der Waals surface area contributed by atoms with Crippen LogP contribution >= 0.6 is 12.4 Å². The van der Waals surface area contributed by atoms with Crippen molar-refractivity contribution in [3.8, 4) is 5.88 Å². The van der Waals surface area contributed by atoms with Crippen molar-refractivity contribution < 1.29 is 4.74 Å². The zero-order valence-corrected chi connectivity index (χ0v) is 14.6. The fraction of sp³-hybridized carbons (Fsp3) is 0.471. The van der Waals surface area contributed by atoms with Crippen LogP contribution in [0.15, 0.2) is 36.4 Å². The van der Waals surface area contributed by atoms with E-state index in [9.17, 15) is 0 Å². The summed E-state index contributed by atoms with van der Waals surface area (Å²) >= 11 is 0. The van der Waals surface area contributed by atoms with Crippen molar-refractivity contribution in [2.45, 2.75) is 40.5 Å². The van der Waals surface area contributed by atoms with Gasteiger partial charge in [-0.15, -0.1) is 12.4 Å². The minimum Gasteiger partial charge on any atom is -0.473 e. The van der Waals surface area contributed by atoms with Gasteiger partial charge in [0.2, 0.25) is 5.88 Å². The summed E-state index contributed by atoms with van der Waals surface area (Å²) in [6.45, 7) is 8.75. The number of nitrogens with zero attached hydrogens (tertiary/aromatic N) is 2. The highest BCUT2D eigenvalue weighted by Gasteiger charge is 2.16. The van der Waals surface area contributed by atoms with E-state index in [-0.39, 0.29) is 17.8 Å². The smallest absolute Gasteiger partial charge is 0.212 e. The van der Waals surface area contributed by atoms with Gasteiger partial charge in [0.15, 0.2) is 0 Å². The number of ether oxygens (including phenoxy) is 1. The van der Waals surface area contributed by atoms with Crippen LogP contribution in [0, 0.1) is 5.41 Å². The SMILES string of the molecule is CNCc1cc(OCc2ccccc2)n(CC(C)(C)C)n1.Cl. The fourth-order valence-electron chi connectivity index (χ4n) is 2.13. The highest BCUT2D eigenvalue weighted by molar-refractivity contribution is 5.85. The minimum atomic E-state index is 0. The topological polar surface area (TPSA) is 39.1 Å². The molecule has 2 rings (SSSR count). The fourth-order valence-corrected chi connectivity index (χ4v) is 2.13. The molecule has 0 aliphatic carbocycles. The van der Waals surface area contributed by atoms with Gasteiger partial charge in [0.05, 0.1) is 5.69 Å². The van der Waals surface area contributed by atoms with Crippen molar-refractivity contribution in [1.82, 2.24) is 15.1 Å². The van der Waals surface area contributed by atoms with Gasteiger partial charge in [-0.05, 0) is 18.0 Å². The quantitative estimate of drug-likeness (QED) is 0.882. The predicted molar refractivity (Wildman–Crippen MR) is 92.5 cm³/mol. The number of hydrogen-bond acceptors (Lipinski definition) is 3. The summed E-state index contributed by atoms with van der Waals surface area (Å²) in [5.74, 6) is 0.832. The summed E-state index contributed by atoms with van der Waals surface area (Å²) in [7, 11) is 1.92. The number of rotatable bonds is 6. The van der Waals surface area contributed by atoms with E-state index in [1.54, 1.807) is 0 Å². The Morgan fingerprint density at radius 2 is 1.86 bits per heavy atom. The molecule has 0 saturated heterocycles. The number of halogens is 1. The second-order valence-electron chi connectivity index (χ2n) is 6.50. The number of hydrogen-bond donors (Lipinski definition) is 1. The lowest BCUT2D eigenvalue weighted by Gasteiger charge is -2.19. The Labute approximate surface area is 139 Å². The summed E-state index contributed by atoms with van der Waals surface area (Å²) in [6, 6.07) is 12.2. The lowest BCUT2D eigenvalue weighted by molar-refractivity contribution is 0.242. The molecule has 0 aliphatic rings. The molecule has 0 bridgehead atoms. The zero-order valence-electron chi connectivity index (χ0n) is 13.8. The first kappa shape index (κ1) is 18.5. The summed E-state index contributed by atoms with van der Waals surface area (Å²) < 4.78 is 7.94. The maximum atomic E-state index is 5.97. The minimum absolute atomic E-state index is 0. The van der Waals surface area contributed by atoms with Gasteiger partial charge >= 0.3 is 0 Å². The molecule has 22 heavy (non-hydrogen) atoms. The monoisotopic (exact) mass is 323 g/mol. The average molecular weight is 324 g/mol. The lowest BCUT2D eigenvalue weighted by Crippen LogP contribution is -2.18. The molecule has 1 heterocycles. The van der Waals surface area contributed by atoms with Gasteiger partial charge in [0, 0.05) is 19.2 Å². The van der Waals surface area contributed by atoms with Crippen molar-refractivity contribution >= 4 is 12.4 Å². The van der Waals surface area contributed by atoms with E-state index in [0.29, 0.717) is 6.61 Å². The van der Waals surface area contributed by atoms with E-state index < -0.39 is 0 Å². The number of nitrogens with one attached hydrogen (secondary N) is 1. The molecule has 1 N–H and O–H groups in total. The number of benzene rings is 1. The molecule has 4 nitrogen and oxygen atoms in total. The Kier molecular flexibility index (Phi) is 6.91. The van der Waals surface area contributed by atoms with Gasteiger partial charge in [-0.25, -0.2) is 4.68 Å². The molecule has 0 atom stereocenters. The molecule has 1 aromatic carbocycles. The summed E-state index contributed by atoms with van der Waals surface area (Å²) in [6.07, 6.45) is 0. The van der Waals surface area contributed by atoms with Gasteiger partial charge in [-0.1, -0.05) is 51.1 Å². The van der Waals surface area contributed by atoms with Crippen molar-refractivity contribution in [2.24, 2.45) is 5.41 Å². The van der Waals surface area contributed by atoms with Crippen molar-refractivity contribution in [2.75, 3.05) is 7.05 Å². The first-order valence-corrected chi connectivity index (χ1v) is 7.36. The predicted octanol–water partition coefficient (Wildman–Crippen LogP) is 3.65. The standard InChI is InChI=1S/C17H25N3O.ClH/c1-17(2,3)13-20-16(10-15(19-20)11-18-4)21-12-14-8-6-5-7-9-14;/h5-10,18H,11-13H2,1-4H3;1H. The van der Waals surface area contributed by atoms with Gasteiger partial charge in [0.25, 0.3) is 0 Å². The van der Waals surface area contributed by atoms with Gasteiger partial charge < -0.3 is 10.1 Å². The van der Waals surface area contributed by atoms with Crippen LogP contribution in [0.4, 0.5) is 0 Å². The third kappa shape index (κ3) is 5.70. The molecule has 0 amide bonds. The molecule has 5 heteroatoms. The molecule has 0 saturated carbocycles. The van der Waals surface area contributed by atoms with E-state index in [1.165, 1.54) is 0 Å². The van der Waals surface area contributed by atoms with Gasteiger partial charge in [-0.2, -0.15) is 5.10 Å². The highest BCUT2D eigenvalue weighted by Crippen LogP contribution is 2.22. The van der Waals surface area contributed by atoms with Crippen molar-refractivity contribution in [3.63, 3.8) is 0 Å². The Morgan fingerprint density at radius 1 is 1.18 bits per heavy atom. The Hall–Kier alpha value is -1.52. The molecule has 0 unspecified atom stereocenters. The van der Waals surface area contributed by atoms with Crippen LogP contribution in [0.25, 0.3) is 0 Å². The average Bonchev–Trinajstić information content (AvgIpc) is 2.78. The van der Waals surface area contributed by atoms with Gasteiger partial charge in [-0.3, -0.25) is 0 Å². The maximum Gasteiger partial charge on any atom is 0.212 e. The largest absolute Gasteiger partial charge is 0.473 e. The van der Waals surface area contributed by atoms with Crippen LogP contribution < -0.4 is 10.1 Å². The van der Waals surface area contributed by atoms with Crippen LogP contribution in [0.5, 0.6) is 5.88 Å². The molecule has 0 spiro atoms. The Bertz CT molecular complexity index is 561. The lowest BCUT2D eigenvalue weighted by atomic mass is 9.97. The van der Waals surface area contributed by atoms with E-state index in [4.69, 9.17) is 4.74 Å². The molecule has 0 aliphatic heterocycles. The van der Waals surface area contributed by atoms with Gasteiger partial charge in [0.1, 0.15) is 6.61 Å². The van der Waals surface area contributed by atoms with Crippen LogP contribution in [0.1, 0.15) is 32.0 Å². The normalized spacial score (nSPS) is 11.1. The summed E-state index contributed by atoms with van der Waals surface area (Å²) in [5.41, 5.74) is 2.33. The van der Waals surface area contributed by atoms with Crippen LogP contribution in [0.3, 0.4) is 0 Å². The molecule has 122 valence electrons. The zero-order chi connectivity index (χ0) is 15.3. The molecule has 1 aromatic heterocycles. The highest BCUT2D eigenvalue weighted by atomic mass is 35.5. The molecule has 0 fully saturated rings. The number of aromatic nitrogens is 2. The third-order valence-corrected chi connectivity index (χ3v) is 3.01. The first-order valence-electron chi connectivity index (χ1n) is 7.36. The Morgan fingerprint density at radius 3 is 2.45 bits per heavy atom. The molecule has 2 aromatic rings. The Balaban J connectivity index is 0.00000242. The van der Waals surface area contributed by atoms with E-state index in [1.807, 2.05) is 36.0 Å². The van der Waals surface area contributed by atoms with Crippen LogP contribution in [0.2, 0.25) is 0 Å². The van der Waals surface area contributed by atoms with Crippen LogP contribution in [-0.4, -0.2) is 16.8 Å². The molecule has 0 radical (unpaired) electrons. The third-order valence-electron chi connectivity index (χ3n) is 3.01.